The van der Waals surface area contributed by atoms with Crippen molar-refractivity contribution >= 4 is 32.5 Å². The maximum atomic E-state index is 12.9. The molecule has 0 fully saturated rings. The highest BCUT2D eigenvalue weighted by Crippen LogP contribution is 2.27. The average molecular weight is 336 g/mol. The molecule has 2 aromatic carbocycles. The Balaban J connectivity index is 2.20. The van der Waals surface area contributed by atoms with Crippen LogP contribution in [-0.2, 0) is 15.9 Å². The molecule has 0 unspecified atom stereocenters. The molecular formula is C16H14ClNO3S. The van der Waals surface area contributed by atoms with E-state index in [2.05, 4.69) is 0 Å². The van der Waals surface area contributed by atoms with Gasteiger partial charge in [-0.3, -0.25) is 0 Å². The Labute approximate surface area is 133 Å². The first-order valence-corrected chi connectivity index (χ1v) is 8.60. The largest absolute Gasteiger partial charge is 0.497 e. The first-order valence-electron chi connectivity index (χ1n) is 6.62. The molecular weight excluding hydrogens is 322 g/mol. The Bertz CT molecular complexity index is 914. The number of halogens is 1. The Hall–Kier alpha value is -1.98. The molecule has 0 amide bonds. The van der Waals surface area contributed by atoms with E-state index in [9.17, 15) is 8.42 Å². The van der Waals surface area contributed by atoms with E-state index in [0.29, 0.717) is 11.3 Å². The van der Waals surface area contributed by atoms with Gasteiger partial charge >= 0.3 is 0 Å². The molecule has 0 N–H and O–H groups in total. The molecule has 0 radical (unpaired) electrons. The lowest BCUT2D eigenvalue weighted by Crippen LogP contribution is -2.11. The van der Waals surface area contributed by atoms with Crippen LogP contribution in [0.25, 0.3) is 10.9 Å². The first kappa shape index (κ1) is 14.9. The Morgan fingerprint density at radius 1 is 1.09 bits per heavy atom. The van der Waals surface area contributed by atoms with Gasteiger partial charge in [0, 0.05) is 17.5 Å². The number of fused-ring (bicyclic) bond motifs is 1. The third-order valence-corrected chi connectivity index (χ3v) is 5.50. The zero-order valence-corrected chi connectivity index (χ0v) is 13.4. The van der Waals surface area contributed by atoms with Crippen molar-refractivity contribution in [2.75, 3.05) is 7.11 Å². The molecule has 0 atom stereocenters. The van der Waals surface area contributed by atoms with E-state index in [1.54, 1.807) is 30.5 Å². The molecule has 1 aromatic heterocycles. The smallest absolute Gasteiger partial charge is 0.268 e. The van der Waals surface area contributed by atoms with Gasteiger partial charge in [-0.15, -0.1) is 11.6 Å². The molecule has 22 heavy (non-hydrogen) atoms. The van der Waals surface area contributed by atoms with Gasteiger partial charge in [-0.1, -0.05) is 18.2 Å². The van der Waals surface area contributed by atoms with Crippen molar-refractivity contribution in [3.8, 4) is 5.75 Å². The Kier molecular flexibility index (Phi) is 3.85. The van der Waals surface area contributed by atoms with E-state index in [4.69, 9.17) is 16.3 Å². The number of methoxy groups -OCH3 is 1. The molecule has 0 bridgehead atoms. The summed E-state index contributed by atoms with van der Waals surface area (Å²) < 4.78 is 32.1. The maximum absolute atomic E-state index is 12.9. The summed E-state index contributed by atoms with van der Waals surface area (Å²) in [6, 6.07) is 13.6. The predicted octanol–water partition coefficient (Wildman–Crippen LogP) is 3.63. The highest BCUT2D eigenvalue weighted by molar-refractivity contribution is 7.90. The minimum Gasteiger partial charge on any atom is -0.497 e. The van der Waals surface area contributed by atoms with Gasteiger partial charge in [0.1, 0.15) is 5.75 Å². The number of hydrogen-bond acceptors (Lipinski definition) is 3. The van der Waals surface area contributed by atoms with Crippen LogP contribution in [0, 0.1) is 0 Å². The SMILES string of the molecule is COc1ccc(S(=O)(=O)n2cc(CCl)c3ccccc32)cc1. The molecule has 0 aliphatic carbocycles. The molecule has 6 heteroatoms. The lowest BCUT2D eigenvalue weighted by molar-refractivity contribution is 0.414. The van der Waals surface area contributed by atoms with E-state index in [1.165, 1.54) is 23.2 Å². The molecule has 0 spiro atoms. The number of rotatable bonds is 4. The van der Waals surface area contributed by atoms with Crippen molar-refractivity contribution in [2.24, 2.45) is 0 Å². The zero-order chi connectivity index (χ0) is 15.7. The summed E-state index contributed by atoms with van der Waals surface area (Å²) in [5, 5.41) is 0.842. The van der Waals surface area contributed by atoms with Gasteiger partial charge in [0.2, 0.25) is 0 Å². The summed E-state index contributed by atoms with van der Waals surface area (Å²) >= 11 is 5.93. The van der Waals surface area contributed by atoms with Crippen molar-refractivity contribution in [3.63, 3.8) is 0 Å². The summed E-state index contributed by atoms with van der Waals surface area (Å²) in [5.74, 6) is 0.865. The molecule has 114 valence electrons. The lowest BCUT2D eigenvalue weighted by atomic mass is 10.2. The second-order valence-corrected chi connectivity index (χ2v) is 6.86. The van der Waals surface area contributed by atoms with Crippen molar-refractivity contribution < 1.29 is 13.2 Å². The number of ether oxygens (including phenoxy) is 1. The molecule has 0 saturated heterocycles. The van der Waals surface area contributed by atoms with Crippen LogP contribution in [0.15, 0.2) is 59.6 Å². The van der Waals surface area contributed by atoms with Crippen LogP contribution in [0.1, 0.15) is 5.56 Å². The highest BCUT2D eigenvalue weighted by atomic mass is 35.5. The molecule has 3 aromatic rings. The van der Waals surface area contributed by atoms with E-state index < -0.39 is 10.0 Å². The minimum absolute atomic E-state index is 0.204. The molecule has 1 heterocycles. The number of para-hydroxylation sites is 1. The standard InChI is InChI=1S/C16H14ClNO3S/c1-21-13-6-8-14(9-7-13)22(19,20)18-11-12(10-17)15-4-2-3-5-16(15)18/h2-9,11H,10H2,1H3. The topological polar surface area (TPSA) is 48.3 Å². The highest BCUT2D eigenvalue weighted by Gasteiger charge is 2.20. The quantitative estimate of drug-likeness (QED) is 0.684. The van der Waals surface area contributed by atoms with Crippen LogP contribution >= 0.6 is 11.6 Å². The molecule has 0 saturated carbocycles. The molecule has 4 nitrogen and oxygen atoms in total. The Morgan fingerprint density at radius 3 is 2.41 bits per heavy atom. The van der Waals surface area contributed by atoms with E-state index in [0.717, 1.165) is 10.9 Å². The summed E-state index contributed by atoms with van der Waals surface area (Å²) in [6.07, 6.45) is 1.58. The monoisotopic (exact) mass is 335 g/mol. The van der Waals surface area contributed by atoms with Crippen LogP contribution in [0.3, 0.4) is 0 Å². The number of hydrogen-bond donors (Lipinski definition) is 0. The van der Waals surface area contributed by atoms with Crippen molar-refractivity contribution in [3.05, 3.63) is 60.3 Å². The van der Waals surface area contributed by atoms with Gasteiger partial charge in [-0.2, -0.15) is 0 Å². The van der Waals surface area contributed by atoms with Gasteiger partial charge in [0.05, 0.1) is 17.5 Å². The minimum atomic E-state index is -3.68. The van der Waals surface area contributed by atoms with Gasteiger partial charge in [-0.05, 0) is 35.9 Å². The lowest BCUT2D eigenvalue weighted by Gasteiger charge is -2.08. The van der Waals surface area contributed by atoms with Gasteiger partial charge < -0.3 is 4.74 Å². The number of alkyl halides is 1. The fourth-order valence-electron chi connectivity index (χ4n) is 2.38. The summed E-state index contributed by atoms with van der Waals surface area (Å²) in [7, 11) is -2.14. The number of benzene rings is 2. The zero-order valence-electron chi connectivity index (χ0n) is 11.9. The van der Waals surface area contributed by atoms with Crippen LogP contribution in [0.4, 0.5) is 0 Å². The van der Waals surface area contributed by atoms with Crippen molar-refractivity contribution in [2.45, 2.75) is 10.8 Å². The molecule has 0 aliphatic heterocycles. The van der Waals surface area contributed by atoms with Gasteiger partial charge in [0.15, 0.2) is 0 Å². The third kappa shape index (κ3) is 2.36. The van der Waals surface area contributed by atoms with Crippen LogP contribution < -0.4 is 4.74 Å². The number of aromatic nitrogens is 1. The van der Waals surface area contributed by atoms with Crippen LogP contribution in [-0.4, -0.2) is 19.5 Å². The Morgan fingerprint density at radius 2 is 1.77 bits per heavy atom. The third-order valence-electron chi connectivity index (χ3n) is 3.52. The van der Waals surface area contributed by atoms with Crippen molar-refractivity contribution in [1.82, 2.24) is 3.97 Å². The molecule has 3 rings (SSSR count). The van der Waals surface area contributed by atoms with E-state index in [-0.39, 0.29) is 10.8 Å². The average Bonchev–Trinajstić information content (AvgIpc) is 2.94. The van der Waals surface area contributed by atoms with Gasteiger partial charge in [0.25, 0.3) is 10.0 Å². The summed E-state index contributed by atoms with van der Waals surface area (Å²) in [4.78, 5) is 0.204. The fraction of sp³-hybridized carbons (Fsp3) is 0.125. The second-order valence-electron chi connectivity index (χ2n) is 4.78. The summed E-state index contributed by atoms with van der Waals surface area (Å²) in [5.41, 5.74) is 1.41. The van der Waals surface area contributed by atoms with Gasteiger partial charge in [-0.25, -0.2) is 12.4 Å². The van der Waals surface area contributed by atoms with Crippen LogP contribution in [0.2, 0.25) is 0 Å². The van der Waals surface area contributed by atoms with E-state index in [1.807, 2.05) is 12.1 Å². The second kappa shape index (κ2) is 5.66. The van der Waals surface area contributed by atoms with Crippen molar-refractivity contribution in [1.29, 1.82) is 0 Å². The first-order chi connectivity index (χ1) is 10.6. The predicted molar refractivity (Wildman–Crippen MR) is 87.1 cm³/mol. The molecule has 0 aliphatic rings. The van der Waals surface area contributed by atoms with Crippen LogP contribution in [0.5, 0.6) is 5.75 Å². The normalized spacial score (nSPS) is 11.7. The fourth-order valence-corrected chi connectivity index (χ4v) is 3.99. The maximum Gasteiger partial charge on any atom is 0.268 e. The number of nitrogens with zero attached hydrogens (tertiary/aromatic N) is 1. The summed E-state index contributed by atoms with van der Waals surface area (Å²) in [6.45, 7) is 0. The van der Waals surface area contributed by atoms with E-state index >= 15 is 0 Å².